The summed E-state index contributed by atoms with van der Waals surface area (Å²) in [6.45, 7) is 0. The molecule has 0 spiro atoms. The van der Waals surface area contributed by atoms with Crippen molar-refractivity contribution in [2.24, 2.45) is 0 Å². The van der Waals surface area contributed by atoms with Gasteiger partial charge in [-0.05, 0) is 12.8 Å². The average Bonchev–Trinajstić information content (AvgIpc) is 2.11. The number of hydrogen-bond donors (Lipinski definition) is 0. The lowest BCUT2D eigenvalue weighted by Gasteiger charge is -2.07. The predicted molar refractivity (Wildman–Crippen MR) is 64.0 cm³/mol. The van der Waals surface area contributed by atoms with Crippen LogP contribution in [0.25, 0.3) is 0 Å². The first-order chi connectivity index (χ1) is 5.89. The molecule has 0 atom stereocenters. The van der Waals surface area contributed by atoms with E-state index in [1.165, 1.54) is 64.2 Å². The van der Waals surface area contributed by atoms with Gasteiger partial charge in [0.2, 0.25) is 0 Å². The van der Waals surface area contributed by atoms with Crippen molar-refractivity contribution >= 4 is 22.6 Å². The summed E-state index contributed by atoms with van der Waals surface area (Å²) in [6.07, 6.45) is 14.8. The fourth-order valence-corrected chi connectivity index (χ4v) is 2.82. The van der Waals surface area contributed by atoms with Crippen LogP contribution in [-0.4, -0.2) is 3.92 Å². The summed E-state index contributed by atoms with van der Waals surface area (Å²) in [5.74, 6) is 0. The molecule has 0 aromatic carbocycles. The van der Waals surface area contributed by atoms with E-state index in [9.17, 15) is 0 Å². The standard InChI is InChI=1S/C11H21I/c12-11-9-7-5-3-1-2-4-6-8-10-11/h11H,1-10H2. The molecule has 0 aromatic heterocycles. The SMILES string of the molecule is IC1CCCCCCCCCC1. The van der Waals surface area contributed by atoms with Gasteiger partial charge in [-0.2, -0.15) is 0 Å². The van der Waals surface area contributed by atoms with E-state index in [0.29, 0.717) is 0 Å². The summed E-state index contributed by atoms with van der Waals surface area (Å²) in [5, 5.41) is 0. The normalized spacial score (nSPS) is 24.8. The molecule has 0 aromatic rings. The Labute approximate surface area is 90.6 Å². The van der Waals surface area contributed by atoms with Crippen molar-refractivity contribution in [2.45, 2.75) is 68.1 Å². The summed E-state index contributed by atoms with van der Waals surface area (Å²) in [6, 6.07) is 0. The smallest absolute Gasteiger partial charge is 0.0110 e. The van der Waals surface area contributed by atoms with Gasteiger partial charge in [0.1, 0.15) is 0 Å². The molecule has 1 saturated carbocycles. The summed E-state index contributed by atoms with van der Waals surface area (Å²) in [7, 11) is 0. The van der Waals surface area contributed by atoms with E-state index in [2.05, 4.69) is 22.6 Å². The van der Waals surface area contributed by atoms with Crippen LogP contribution in [-0.2, 0) is 0 Å². The van der Waals surface area contributed by atoms with Gasteiger partial charge in [0.05, 0.1) is 0 Å². The van der Waals surface area contributed by atoms with Crippen LogP contribution in [0.2, 0.25) is 0 Å². The second-order valence-corrected chi connectivity index (χ2v) is 5.76. The number of hydrogen-bond acceptors (Lipinski definition) is 0. The van der Waals surface area contributed by atoms with E-state index < -0.39 is 0 Å². The Hall–Kier alpha value is 0.730. The first-order valence-electron chi connectivity index (χ1n) is 5.53. The molecule has 1 heteroatoms. The van der Waals surface area contributed by atoms with Crippen LogP contribution in [0.4, 0.5) is 0 Å². The van der Waals surface area contributed by atoms with Crippen LogP contribution < -0.4 is 0 Å². The summed E-state index contributed by atoms with van der Waals surface area (Å²) in [5.41, 5.74) is 0. The molecule has 12 heavy (non-hydrogen) atoms. The Bertz CT molecular complexity index is 89.2. The van der Waals surface area contributed by atoms with Crippen molar-refractivity contribution in [3.63, 3.8) is 0 Å². The third-order valence-electron chi connectivity index (χ3n) is 2.78. The Morgan fingerprint density at radius 3 is 1.33 bits per heavy atom. The molecular weight excluding hydrogens is 259 g/mol. The zero-order chi connectivity index (χ0) is 8.65. The fraction of sp³-hybridized carbons (Fsp3) is 1.00. The fourth-order valence-electron chi connectivity index (χ4n) is 1.94. The number of rotatable bonds is 0. The van der Waals surface area contributed by atoms with Crippen molar-refractivity contribution in [2.75, 3.05) is 0 Å². The summed E-state index contributed by atoms with van der Waals surface area (Å²) >= 11 is 2.64. The topological polar surface area (TPSA) is 0 Å². The maximum absolute atomic E-state index is 2.64. The molecule has 0 nitrogen and oxygen atoms in total. The highest BCUT2D eigenvalue weighted by Gasteiger charge is 2.04. The molecule has 0 amide bonds. The van der Waals surface area contributed by atoms with E-state index in [1.807, 2.05) is 0 Å². The van der Waals surface area contributed by atoms with Crippen molar-refractivity contribution in [1.29, 1.82) is 0 Å². The molecule has 72 valence electrons. The van der Waals surface area contributed by atoms with E-state index >= 15 is 0 Å². The lowest BCUT2D eigenvalue weighted by atomic mass is 10.1. The molecule has 0 radical (unpaired) electrons. The van der Waals surface area contributed by atoms with Crippen molar-refractivity contribution in [3.8, 4) is 0 Å². The van der Waals surface area contributed by atoms with Gasteiger partial charge in [-0.1, -0.05) is 74.0 Å². The highest BCUT2D eigenvalue weighted by atomic mass is 127. The zero-order valence-electron chi connectivity index (χ0n) is 8.03. The lowest BCUT2D eigenvalue weighted by molar-refractivity contribution is 0.585. The largest absolute Gasteiger partial charge is 0.0826 e. The van der Waals surface area contributed by atoms with Crippen molar-refractivity contribution in [3.05, 3.63) is 0 Å². The quantitative estimate of drug-likeness (QED) is 0.445. The van der Waals surface area contributed by atoms with E-state index in [-0.39, 0.29) is 0 Å². The third kappa shape index (κ3) is 5.39. The highest BCUT2D eigenvalue weighted by molar-refractivity contribution is 14.1. The second kappa shape index (κ2) is 7.16. The minimum atomic E-state index is 0.973. The molecule has 1 aliphatic carbocycles. The molecule has 0 heterocycles. The molecule has 0 aliphatic heterocycles. The van der Waals surface area contributed by atoms with E-state index in [0.717, 1.165) is 3.92 Å². The molecule has 0 saturated heterocycles. The predicted octanol–water partition coefficient (Wildman–Crippen LogP) is 4.70. The first-order valence-corrected chi connectivity index (χ1v) is 6.78. The molecule has 1 aliphatic rings. The minimum absolute atomic E-state index is 0.973. The Morgan fingerprint density at radius 1 is 0.583 bits per heavy atom. The van der Waals surface area contributed by atoms with Crippen LogP contribution in [0.3, 0.4) is 0 Å². The van der Waals surface area contributed by atoms with Crippen LogP contribution in [0.15, 0.2) is 0 Å². The number of alkyl halides is 1. The lowest BCUT2D eigenvalue weighted by Crippen LogP contribution is -1.96. The van der Waals surface area contributed by atoms with Gasteiger partial charge in [0.25, 0.3) is 0 Å². The minimum Gasteiger partial charge on any atom is -0.0826 e. The van der Waals surface area contributed by atoms with E-state index in [1.54, 1.807) is 0 Å². The van der Waals surface area contributed by atoms with Crippen molar-refractivity contribution < 1.29 is 0 Å². The van der Waals surface area contributed by atoms with Crippen LogP contribution in [0, 0.1) is 0 Å². The molecule has 1 rings (SSSR count). The van der Waals surface area contributed by atoms with Crippen LogP contribution in [0.5, 0.6) is 0 Å². The van der Waals surface area contributed by atoms with Gasteiger partial charge in [-0.15, -0.1) is 0 Å². The second-order valence-electron chi connectivity index (χ2n) is 4.00. The van der Waals surface area contributed by atoms with Crippen molar-refractivity contribution in [1.82, 2.24) is 0 Å². The number of halogens is 1. The van der Waals surface area contributed by atoms with E-state index in [4.69, 9.17) is 0 Å². The highest BCUT2D eigenvalue weighted by Crippen LogP contribution is 2.21. The molecule has 0 bridgehead atoms. The molecule has 0 unspecified atom stereocenters. The van der Waals surface area contributed by atoms with Gasteiger partial charge in [-0.3, -0.25) is 0 Å². The zero-order valence-corrected chi connectivity index (χ0v) is 10.2. The van der Waals surface area contributed by atoms with Gasteiger partial charge in [-0.25, -0.2) is 0 Å². The summed E-state index contributed by atoms with van der Waals surface area (Å²) in [4.78, 5) is 0. The van der Waals surface area contributed by atoms with Crippen LogP contribution >= 0.6 is 22.6 Å². The van der Waals surface area contributed by atoms with Gasteiger partial charge in [0.15, 0.2) is 0 Å². The van der Waals surface area contributed by atoms with Crippen LogP contribution in [0.1, 0.15) is 64.2 Å². The molecule has 1 fully saturated rings. The third-order valence-corrected chi connectivity index (χ3v) is 4.03. The summed E-state index contributed by atoms with van der Waals surface area (Å²) < 4.78 is 0.973. The Balaban J connectivity index is 2.13. The van der Waals surface area contributed by atoms with Gasteiger partial charge < -0.3 is 0 Å². The monoisotopic (exact) mass is 280 g/mol. The first kappa shape index (κ1) is 10.8. The molecular formula is C11H21I. The van der Waals surface area contributed by atoms with Gasteiger partial charge in [0, 0.05) is 3.92 Å². The maximum atomic E-state index is 2.64. The average molecular weight is 280 g/mol. The molecule has 0 N–H and O–H groups in total. The Kier molecular flexibility index (Phi) is 6.45. The Morgan fingerprint density at radius 2 is 0.917 bits per heavy atom. The maximum Gasteiger partial charge on any atom is 0.0110 e. The van der Waals surface area contributed by atoms with Gasteiger partial charge >= 0.3 is 0 Å².